The van der Waals surface area contributed by atoms with E-state index < -0.39 is 0 Å². The number of nitrogens with zero attached hydrogens (tertiary/aromatic N) is 3. The zero-order valence-electron chi connectivity index (χ0n) is 11.6. The summed E-state index contributed by atoms with van der Waals surface area (Å²) in [6.07, 6.45) is 5.20. The van der Waals surface area contributed by atoms with Gasteiger partial charge in [-0.25, -0.2) is 4.98 Å². The molecule has 2 saturated heterocycles. The lowest BCUT2D eigenvalue weighted by molar-refractivity contribution is 0.0697. The molecule has 0 radical (unpaired) electrons. The van der Waals surface area contributed by atoms with Gasteiger partial charge in [0.05, 0.1) is 23.9 Å². The van der Waals surface area contributed by atoms with E-state index in [1.165, 1.54) is 0 Å². The molecular formula is C14H17N5O2. The normalized spacial score (nSPS) is 22.5. The van der Waals surface area contributed by atoms with Crippen LogP contribution in [-0.4, -0.2) is 45.6 Å². The molecule has 7 heteroatoms. The number of aromatic nitrogens is 3. The maximum absolute atomic E-state index is 12.6. The van der Waals surface area contributed by atoms with E-state index in [9.17, 15) is 4.79 Å². The van der Waals surface area contributed by atoms with Crippen molar-refractivity contribution in [2.75, 3.05) is 19.6 Å². The van der Waals surface area contributed by atoms with Gasteiger partial charge >= 0.3 is 0 Å². The number of nitrogens with one attached hydrogen (secondary N) is 2. The summed E-state index contributed by atoms with van der Waals surface area (Å²) < 4.78 is 5.66. The Morgan fingerprint density at radius 3 is 3.05 bits per heavy atom. The van der Waals surface area contributed by atoms with Gasteiger partial charge in [-0.1, -0.05) is 0 Å². The number of hydrogen-bond acceptors (Lipinski definition) is 5. The van der Waals surface area contributed by atoms with Gasteiger partial charge in [0, 0.05) is 25.8 Å². The predicted molar refractivity (Wildman–Crippen MR) is 73.7 cm³/mol. The van der Waals surface area contributed by atoms with Gasteiger partial charge in [0.15, 0.2) is 0 Å². The number of oxazole rings is 1. The van der Waals surface area contributed by atoms with Gasteiger partial charge in [0.1, 0.15) is 0 Å². The summed E-state index contributed by atoms with van der Waals surface area (Å²) in [6.45, 7) is 2.48. The quantitative estimate of drug-likeness (QED) is 0.881. The highest BCUT2D eigenvalue weighted by Gasteiger charge is 2.34. The summed E-state index contributed by atoms with van der Waals surface area (Å²) >= 11 is 0. The van der Waals surface area contributed by atoms with Crippen LogP contribution in [0.5, 0.6) is 0 Å². The van der Waals surface area contributed by atoms with Crippen LogP contribution in [0.1, 0.15) is 46.9 Å². The Labute approximate surface area is 121 Å². The third kappa shape index (κ3) is 2.13. The molecule has 0 aromatic carbocycles. The maximum atomic E-state index is 12.6. The van der Waals surface area contributed by atoms with Gasteiger partial charge in [-0.2, -0.15) is 5.10 Å². The number of H-pyrrole nitrogens is 1. The van der Waals surface area contributed by atoms with Gasteiger partial charge in [-0.15, -0.1) is 0 Å². The molecule has 2 aromatic rings. The molecule has 2 fully saturated rings. The molecule has 4 rings (SSSR count). The van der Waals surface area contributed by atoms with Crippen molar-refractivity contribution in [3.8, 4) is 0 Å². The van der Waals surface area contributed by atoms with E-state index in [0.717, 1.165) is 38.2 Å². The van der Waals surface area contributed by atoms with Crippen LogP contribution in [0.15, 0.2) is 22.9 Å². The largest absolute Gasteiger partial charge is 0.435 e. The summed E-state index contributed by atoms with van der Waals surface area (Å²) in [4.78, 5) is 18.7. The highest BCUT2D eigenvalue weighted by molar-refractivity contribution is 5.91. The van der Waals surface area contributed by atoms with Crippen LogP contribution < -0.4 is 5.32 Å². The average Bonchev–Trinajstić information content (AvgIpc) is 3.16. The van der Waals surface area contributed by atoms with E-state index in [-0.39, 0.29) is 11.9 Å². The highest BCUT2D eigenvalue weighted by Crippen LogP contribution is 2.32. The third-order valence-electron chi connectivity index (χ3n) is 4.26. The maximum Gasteiger partial charge on any atom is 0.291 e. The van der Waals surface area contributed by atoms with Crippen molar-refractivity contribution in [3.63, 3.8) is 0 Å². The number of rotatable bonds is 3. The van der Waals surface area contributed by atoms with Crippen molar-refractivity contribution in [1.82, 2.24) is 25.4 Å². The van der Waals surface area contributed by atoms with Crippen molar-refractivity contribution in [3.05, 3.63) is 35.8 Å². The minimum absolute atomic E-state index is 0.0546. The van der Waals surface area contributed by atoms with Gasteiger partial charge in [0.25, 0.3) is 5.91 Å². The molecule has 0 spiro atoms. The Morgan fingerprint density at radius 1 is 1.43 bits per heavy atom. The molecule has 2 aliphatic heterocycles. The van der Waals surface area contributed by atoms with Crippen molar-refractivity contribution in [2.45, 2.75) is 24.8 Å². The molecule has 0 saturated carbocycles. The molecule has 2 aromatic heterocycles. The Balaban J connectivity index is 1.54. The first kappa shape index (κ1) is 12.6. The van der Waals surface area contributed by atoms with Crippen LogP contribution in [0, 0.1) is 0 Å². The summed E-state index contributed by atoms with van der Waals surface area (Å²) in [5.41, 5.74) is 0.976. The molecule has 21 heavy (non-hydrogen) atoms. The molecule has 2 aliphatic rings. The Bertz CT molecular complexity index is 632. The summed E-state index contributed by atoms with van der Waals surface area (Å²) in [5.74, 6) is 1.21. The molecule has 1 atom stereocenters. The van der Waals surface area contributed by atoms with Crippen LogP contribution in [0.3, 0.4) is 0 Å². The lowest BCUT2D eigenvalue weighted by atomic mass is 10.0. The molecule has 4 heterocycles. The SMILES string of the molecule is O=C(c1cnc(C2CNC2)o1)N1CCC[C@@H]1c1ccn[nH]1. The third-order valence-corrected chi connectivity index (χ3v) is 4.26. The van der Waals surface area contributed by atoms with Crippen LogP contribution in [0.2, 0.25) is 0 Å². The van der Waals surface area contributed by atoms with E-state index in [1.807, 2.05) is 11.0 Å². The number of carbonyl (C=O) groups excluding carboxylic acids is 1. The molecule has 0 bridgehead atoms. The van der Waals surface area contributed by atoms with Crippen molar-refractivity contribution < 1.29 is 9.21 Å². The number of likely N-dealkylation sites (tertiary alicyclic amines) is 1. The number of aromatic amines is 1. The Kier molecular flexibility index (Phi) is 2.99. The van der Waals surface area contributed by atoms with Gasteiger partial charge in [-0.3, -0.25) is 9.89 Å². The van der Waals surface area contributed by atoms with E-state index in [1.54, 1.807) is 12.4 Å². The van der Waals surface area contributed by atoms with Gasteiger partial charge < -0.3 is 14.6 Å². The first-order chi connectivity index (χ1) is 10.3. The molecule has 7 nitrogen and oxygen atoms in total. The van der Waals surface area contributed by atoms with E-state index in [2.05, 4.69) is 20.5 Å². The lowest BCUT2D eigenvalue weighted by Crippen LogP contribution is -2.40. The van der Waals surface area contributed by atoms with Crippen LogP contribution in [-0.2, 0) is 0 Å². The summed E-state index contributed by atoms with van der Waals surface area (Å²) in [6, 6.07) is 1.97. The minimum atomic E-state index is -0.0851. The first-order valence-corrected chi connectivity index (χ1v) is 7.29. The fourth-order valence-corrected chi connectivity index (χ4v) is 2.97. The Morgan fingerprint density at radius 2 is 2.33 bits per heavy atom. The van der Waals surface area contributed by atoms with Crippen molar-refractivity contribution in [1.29, 1.82) is 0 Å². The summed E-state index contributed by atoms with van der Waals surface area (Å²) in [5, 5.41) is 10.1. The second kappa shape index (κ2) is 5.00. The van der Waals surface area contributed by atoms with Crippen molar-refractivity contribution in [2.24, 2.45) is 0 Å². The fourth-order valence-electron chi connectivity index (χ4n) is 2.97. The lowest BCUT2D eigenvalue weighted by Gasteiger charge is -2.24. The number of hydrogen-bond donors (Lipinski definition) is 2. The molecule has 0 aliphatic carbocycles. The van der Waals surface area contributed by atoms with Gasteiger partial charge in [0.2, 0.25) is 11.7 Å². The predicted octanol–water partition coefficient (Wildman–Crippen LogP) is 1.06. The molecule has 1 amide bonds. The molecule has 0 unspecified atom stereocenters. The Hall–Kier alpha value is -2.15. The van der Waals surface area contributed by atoms with E-state index in [0.29, 0.717) is 17.6 Å². The zero-order chi connectivity index (χ0) is 14.2. The van der Waals surface area contributed by atoms with E-state index >= 15 is 0 Å². The highest BCUT2D eigenvalue weighted by atomic mass is 16.4. The van der Waals surface area contributed by atoms with Crippen LogP contribution >= 0.6 is 0 Å². The molecule has 110 valence electrons. The van der Waals surface area contributed by atoms with E-state index in [4.69, 9.17) is 4.42 Å². The topological polar surface area (TPSA) is 87.1 Å². The van der Waals surface area contributed by atoms with Crippen LogP contribution in [0.4, 0.5) is 0 Å². The minimum Gasteiger partial charge on any atom is -0.435 e. The first-order valence-electron chi connectivity index (χ1n) is 7.29. The second-order valence-electron chi connectivity index (χ2n) is 5.59. The zero-order valence-corrected chi connectivity index (χ0v) is 11.6. The summed E-state index contributed by atoms with van der Waals surface area (Å²) in [7, 11) is 0. The van der Waals surface area contributed by atoms with Crippen LogP contribution in [0.25, 0.3) is 0 Å². The molecule has 2 N–H and O–H groups in total. The number of amides is 1. The second-order valence-corrected chi connectivity index (χ2v) is 5.59. The average molecular weight is 287 g/mol. The smallest absolute Gasteiger partial charge is 0.291 e. The molecular weight excluding hydrogens is 270 g/mol. The standard InChI is InChI=1S/C14H17N5O2/c20-14(12-8-16-13(21-12)9-6-15-7-9)19-5-1-2-11(19)10-3-4-17-18-10/h3-4,8-9,11,15H,1-2,5-7H2,(H,17,18)/t11-/m1/s1. The monoisotopic (exact) mass is 287 g/mol. The van der Waals surface area contributed by atoms with Gasteiger partial charge in [-0.05, 0) is 18.9 Å². The van der Waals surface area contributed by atoms with Crippen molar-refractivity contribution >= 4 is 5.91 Å². The fraction of sp³-hybridized carbons (Fsp3) is 0.500. The number of carbonyl (C=O) groups is 1.